The number of pyridine rings is 1. The molecule has 2 aromatic heterocycles. The molecule has 0 saturated carbocycles. The van der Waals surface area contributed by atoms with Crippen LogP contribution in [0, 0.1) is 0 Å². The van der Waals surface area contributed by atoms with Gasteiger partial charge in [-0.05, 0) is 60.7 Å². The van der Waals surface area contributed by atoms with Gasteiger partial charge in [-0.3, -0.25) is 9.69 Å². The molecule has 8 heteroatoms. The molecule has 1 aliphatic heterocycles. The largest absolute Gasteiger partial charge is 0.488 e. The number of rotatable bonds is 4. The van der Waals surface area contributed by atoms with E-state index in [9.17, 15) is 4.79 Å². The second-order valence-electron chi connectivity index (χ2n) is 9.54. The standard InChI is InChI=1S/C30H33N5O3/c1-32(2)23-12-14-24(15-13-23)35-17-7-8-25(35)22-34-19-18-33(3)30(36)26-9-6-16-31-29(26)38-28-11-5-4-10-27(28)37-21-20-34/h4-17H,18-22H2,1-3H3. The van der Waals surface area contributed by atoms with Gasteiger partial charge in [-0.15, -0.1) is 0 Å². The summed E-state index contributed by atoms with van der Waals surface area (Å²) in [5.41, 5.74) is 3.86. The van der Waals surface area contributed by atoms with Crippen LogP contribution in [0.3, 0.4) is 0 Å². The Morgan fingerprint density at radius 3 is 2.47 bits per heavy atom. The second kappa shape index (κ2) is 11.4. The summed E-state index contributed by atoms with van der Waals surface area (Å²) >= 11 is 0. The third kappa shape index (κ3) is 5.65. The number of amides is 1. The molecule has 4 aromatic rings. The maximum absolute atomic E-state index is 13.3. The molecule has 3 heterocycles. The summed E-state index contributed by atoms with van der Waals surface area (Å²) in [5.74, 6) is 1.29. The average molecular weight is 512 g/mol. The van der Waals surface area contributed by atoms with Crippen molar-refractivity contribution in [1.29, 1.82) is 0 Å². The first-order chi connectivity index (χ1) is 18.5. The van der Waals surface area contributed by atoms with Crippen molar-refractivity contribution in [3.63, 3.8) is 0 Å². The lowest BCUT2D eigenvalue weighted by Gasteiger charge is -2.26. The van der Waals surface area contributed by atoms with Gasteiger partial charge >= 0.3 is 0 Å². The number of hydrogen-bond donors (Lipinski definition) is 0. The normalized spacial score (nSPS) is 14.7. The van der Waals surface area contributed by atoms with Crippen molar-refractivity contribution in [2.45, 2.75) is 6.54 Å². The number of carbonyl (C=O) groups is 1. The molecule has 0 fully saturated rings. The van der Waals surface area contributed by atoms with Gasteiger partial charge in [0.15, 0.2) is 11.5 Å². The lowest BCUT2D eigenvalue weighted by atomic mass is 10.2. The molecule has 38 heavy (non-hydrogen) atoms. The fraction of sp³-hybridized carbons (Fsp3) is 0.267. The molecule has 0 bridgehead atoms. The molecule has 8 nitrogen and oxygen atoms in total. The fourth-order valence-corrected chi connectivity index (χ4v) is 4.48. The highest BCUT2D eigenvalue weighted by atomic mass is 16.5. The van der Waals surface area contributed by atoms with Crippen LogP contribution in [-0.4, -0.2) is 72.6 Å². The predicted molar refractivity (Wildman–Crippen MR) is 149 cm³/mol. The zero-order valence-corrected chi connectivity index (χ0v) is 22.1. The average Bonchev–Trinajstić information content (AvgIpc) is 3.40. The van der Waals surface area contributed by atoms with Crippen LogP contribution in [0.2, 0.25) is 0 Å². The van der Waals surface area contributed by atoms with Gasteiger partial charge in [-0.1, -0.05) is 12.1 Å². The number of aromatic nitrogens is 2. The van der Waals surface area contributed by atoms with Crippen molar-refractivity contribution >= 4 is 11.6 Å². The molecular formula is C30H33N5O3. The fourth-order valence-electron chi connectivity index (χ4n) is 4.48. The Labute approximate surface area is 223 Å². The first kappa shape index (κ1) is 25.4. The minimum Gasteiger partial charge on any atom is -0.488 e. The van der Waals surface area contributed by atoms with E-state index < -0.39 is 0 Å². The molecular weight excluding hydrogens is 478 g/mol. The number of fused-ring (bicyclic) bond motifs is 2. The van der Waals surface area contributed by atoms with E-state index in [1.165, 1.54) is 5.69 Å². The van der Waals surface area contributed by atoms with Crippen molar-refractivity contribution in [2.24, 2.45) is 0 Å². The highest BCUT2D eigenvalue weighted by Crippen LogP contribution is 2.32. The molecule has 0 spiro atoms. The number of anilines is 1. The van der Waals surface area contributed by atoms with Gasteiger partial charge in [0.05, 0.1) is 0 Å². The maximum Gasteiger partial charge on any atom is 0.259 e. The van der Waals surface area contributed by atoms with E-state index in [2.05, 4.69) is 61.9 Å². The van der Waals surface area contributed by atoms with E-state index in [1.807, 2.05) is 45.4 Å². The van der Waals surface area contributed by atoms with Gasteiger partial charge in [0, 0.05) is 76.8 Å². The van der Waals surface area contributed by atoms with E-state index in [0.29, 0.717) is 49.8 Å². The Kier molecular flexibility index (Phi) is 7.60. The summed E-state index contributed by atoms with van der Waals surface area (Å²) in [4.78, 5) is 23.8. The summed E-state index contributed by atoms with van der Waals surface area (Å²) in [7, 11) is 5.90. The van der Waals surface area contributed by atoms with Gasteiger partial charge in [0.25, 0.3) is 5.91 Å². The zero-order chi connectivity index (χ0) is 26.5. The van der Waals surface area contributed by atoms with Crippen LogP contribution in [0.5, 0.6) is 17.4 Å². The summed E-state index contributed by atoms with van der Waals surface area (Å²) in [6.45, 7) is 3.12. The summed E-state index contributed by atoms with van der Waals surface area (Å²) in [5, 5.41) is 0. The van der Waals surface area contributed by atoms with E-state index in [1.54, 1.807) is 23.2 Å². The van der Waals surface area contributed by atoms with Crippen LogP contribution < -0.4 is 14.4 Å². The number of para-hydroxylation sites is 2. The smallest absolute Gasteiger partial charge is 0.259 e. The number of nitrogens with zero attached hydrogens (tertiary/aromatic N) is 5. The van der Waals surface area contributed by atoms with Gasteiger partial charge in [-0.2, -0.15) is 0 Å². The minimum atomic E-state index is -0.130. The molecule has 1 aliphatic rings. The Morgan fingerprint density at radius 1 is 0.895 bits per heavy atom. The van der Waals surface area contributed by atoms with Crippen molar-refractivity contribution in [1.82, 2.24) is 19.4 Å². The quantitative estimate of drug-likeness (QED) is 0.396. The Hall–Kier alpha value is -4.30. The molecule has 0 unspecified atom stereocenters. The van der Waals surface area contributed by atoms with Crippen molar-refractivity contribution in [3.8, 4) is 23.1 Å². The number of benzene rings is 2. The predicted octanol–water partition coefficient (Wildman–Crippen LogP) is 4.70. The van der Waals surface area contributed by atoms with Crippen LogP contribution in [0.1, 0.15) is 16.1 Å². The number of carbonyl (C=O) groups excluding carboxylic acids is 1. The molecule has 0 N–H and O–H groups in total. The van der Waals surface area contributed by atoms with Crippen molar-refractivity contribution < 1.29 is 14.3 Å². The van der Waals surface area contributed by atoms with E-state index in [0.717, 1.165) is 11.4 Å². The summed E-state index contributed by atoms with van der Waals surface area (Å²) in [6.07, 6.45) is 3.71. The molecule has 0 radical (unpaired) electrons. The van der Waals surface area contributed by atoms with Gasteiger partial charge in [0.1, 0.15) is 12.2 Å². The monoisotopic (exact) mass is 511 g/mol. The highest BCUT2D eigenvalue weighted by molar-refractivity contribution is 5.96. The molecule has 0 aliphatic carbocycles. The SMILES string of the molecule is CN1CCN(Cc2cccn2-c2ccc(N(C)C)cc2)CCOc2ccccc2Oc2ncccc2C1=O. The first-order valence-corrected chi connectivity index (χ1v) is 12.8. The molecule has 196 valence electrons. The highest BCUT2D eigenvalue weighted by Gasteiger charge is 2.21. The maximum atomic E-state index is 13.3. The van der Waals surface area contributed by atoms with E-state index in [4.69, 9.17) is 9.47 Å². The van der Waals surface area contributed by atoms with Crippen LogP contribution >= 0.6 is 0 Å². The van der Waals surface area contributed by atoms with Crippen LogP contribution in [0.25, 0.3) is 5.69 Å². The lowest BCUT2D eigenvalue weighted by molar-refractivity contribution is 0.0770. The Bertz CT molecular complexity index is 1380. The van der Waals surface area contributed by atoms with Crippen molar-refractivity contribution in [2.75, 3.05) is 52.3 Å². The Balaban J connectivity index is 1.40. The molecule has 0 atom stereocenters. The van der Waals surface area contributed by atoms with Crippen LogP contribution in [0.15, 0.2) is 85.2 Å². The number of hydrogen-bond acceptors (Lipinski definition) is 6. The molecule has 2 aromatic carbocycles. The number of likely N-dealkylation sites (N-methyl/N-ethyl adjacent to an activating group) is 1. The van der Waals surface area contributed by atoms with Gasteiger partial charge in [-0.25, -0.2) is 4.98 Å². The topological polar surface area (TPSA) is 63.1 Å². The number of ether oxygens (including phenoxy) is 2. The zero-order valence-electron chi connectivity index (χ0n) is 22.1. The summed E-state index contributed by atoms with van der Waals surface area (Å²) < 4.78 is 14.4. The summed E-state index contributed by atoms with van der Waals surface area (Å²) in [6, 6.07) is 23.7. The van der Waals surface area contributed by atoms with Crippen LogP contribution in [0.4, 0.5) is 5.69 Å². The molecule has 0 saturated heterocycles. The van der Waals surface area contributed by atoms with Gasteiger partial charge in [0.2, 0.25) is 5.88 Å². The minimum absolute atomic E-state index is 0.130. The van der Waals surface area contributed by atoms with Crippen LogP contribution in [-0.2, 0) is 6.54 Å². The lowest BCUT2D eigenvalue weighted by Crippen LogP contribution is -2.38. The molecule has 1 amide bonds. The first-order valence-electron chi connectivity index (χ1n) is 12.8. The second-order valence-corrected chi connectivity index (χ2v) is 9.54. The Morgan fingerprint density at radius 2 is 1.68 bits per heavy atom. The third-order valence-corrected chi connectivity index (χ3v) is 6.68. The third-order valence-electron chi connectivity index (χ3n) is 6.68. The van der Waals surface area contributed by atoms with Gasteiger partial charge < -0.3 is 23.8 Å². The van der Waals surface area contributed by atoms with Crippen molar-refractivity contribution in [3.05, 3.63) is 96.4 Å². The van der Waals surface area contributed by atoms with E-state index >= 15 is 0 Å². The molecule has 5 rings (SSSR count). The van der Waals surface area contributed by atoms with E-state index in [-0.39, 0.29) is 11.8 Å².